The zero-order valence-corrected chi connectivity index (χ0v) is 26.5. The van der Waals surface area contributed by atoms with Gasteiger partial charge in [0.15, 0.2) is 0 Å². The van der Waals surface area contributed by atoms with Crippen LogP contribution in [0.25, 0.3) is 0 Å². The summed E-state index contributed by atoms with van der Waals surface area (Å²) in [6.45, 7) is 9.93. The number of benzene rings is 4. The predicted octanol–water partition coefficient (Wildman–Crippen LogP) is 9.51. The van der Waals surface area contributed by atoms with Crippen LogP contribution in [0.3, 0.4) is 0 Å². The van der Waals surface area contributed by atoms with Crippen LogP contribution in [0, 0.1) is 0 Å². The Morgan fingerprint density at radius 2 is 1.34 bits per heavy atom. The molecule has 0 saturated carbocycles. The molecule has 1 N–H and O–H groups in total. The summed E-state index contributed by atoms with van der Waals surface area (Å²) in [7, 11) is 0.275. The molecule has 1 aliphatic rings. The molecule has 0 fully saturated rings. The number of anilines is 2. The molecule has 1 heterocycles. The van der Waals surface area contributed by atoms with Crippen LogP contribution in [0.1, 0.15) is 75.6 Å². The topological polar surface area (TPSA) is 32.7 Å². The van der Waals surface area contributed by atoms with Crippen LogP contribution >= 0.6 is 11.8 Å². The largest absolute Gasteiger partial charge is 0.400 e. The van der Waals surface area contributed by atoms with Crippen molar-refractivity contribution in [3.05, 3.63) is 119 Å². The minimum absolute atomic E-state index is 0.00122. The molecule has 41 heavy (non-hydrogen) atoms. The molecule has 0 bridgehead atoms. The van der Waals surface area contributed by atoms with E-state index in [4.69, 9.17) is 4.43 Å². The molecule has 4 aromatic carbocycles. The Balaban J connectivity index is 1.76. The van der Waals surface area contributed by atoms with Crippen LogP contribution in [0.2, 0.25) is 5.04 Å². The lowest BCUT2D eigenvalue weighted by Crippen LogP contribution is -2.37. The number of fused-ring (bicyclic) bond motifs is 2. The molecule has 0 unspecified atom stereocenters. The molecule has 1 aliphatic heterocycles. The van der Waals surface area contributed by atoms with Gasteiger partial charge in [-0.2, -0.15) is 0 Å². The number of hydrogen-bond donors (Lipinski definition) is 1. The monoisotopic (exact) mass is 579 g/mol. The standard InChI is InChI=1S/C36H41NO2SSi/c1-5-6-7-14-25-37-31-23-15-17-27(26-38)33(31)40-34-30(22-16-24-32(34)37)36(39-41-35(2,3)4,28-18-10-8-11-19-28)29-20-12-9-13-21-29/h8-13,15-24,38H,5-7,14,25-26H2,1-4H3. The van der Waals surface area contributed by atoms with Crippen LogP contribution in [0.15, 0.2) is 107 Å². The number of nitrogens with zero attached hydrogens (tertiary/aromatic N) is 1. The van der Waals surface area contributed by atoms with Crippen molar-refractivity contribution in [2.75, 3.05) is 11.4 Å². The summed E-state index contributed by atoms with van der Waals surface area (Å²) in [5.41, 5.74) is 5.95. The Morgan fingerprint density at radius 1 is 0.732 bits per heavy atom. The smallest absolute Gasteiger partial charge is 0.237 e. The molecule has 0 atom stereocenters. The van der Waals surface area contributed by atoms with Crippen LogP contribution in [-0.2, 0) is 16.6 Å². The van der Waals surface area contributed by atoms with Crippen LogP contribution in [0.5, 0.6) is 0 Å². The van der Waals surface area contributed by atoms with Gasteiger partial charge in [0.05, 0.1) is 18.0 Å². The fraction of sp³-hybridized carbons (Fsp3) is 0.333. The summed E-state index contributed by atoms with van der Waals surface area (Å²) in [5.74, 6) is 0. The summed E-state index contributed by atoms with van der Waals surface area (Å²) < 4.78 is 7.26. The van der Waals surface area contributed by atoms with E-state index >= 15 is 0 Å². The summed E-state index contributed by atoms with van der Waals surface area (Å²) in [6, 6.07) is 34.4. The maximum Gasteiger partial charge on any atom is 0.237 e. The van der Waals surface area contributed by atoms with Crippen LogP contribution < -0.4 is 4.90 Å². The maximum atomic E-state index is 10.4. The van der Waals surface area contributed by atoms with Gasteiger partial charge >= 0.3 is 0 Å². The lowest BCUT2D eigenvalue weighted by molar-refractivity contribution is 0.154. The Labute approximate surface area is 252 Å². The first kappa shape index (κ1) is 29.7. The highest BCUT2D eigenvalue weighted by atomic mass is 32.2. The summed E-state index contributed by atoms with van der Waals surface area (Å²) >= 11 is 1.78. The fourth-order valence-electron chi connectivity index (χ4n) is 5.54. The van der Waals surface area contributed by atoms with Gasteiger partial charge in [-0.05, 0) is 40.3 Å². The van der Waals surface area contributed by atoms with Crippen LogP contribution in [-0.4, -0.2) is 21.4 Å². The van der Waals surface area contributed by atoms with Crippen LogP contribution in [0.4, 0.5) is 11.4 Å². The van der Waals surface area contributed by atoms with Crippen molar-refractivity contribution in [2.45, 2.75) is 80.4 Å². The van der Waals surface area contributed by atoms with E-state index in [0.29, 0.717) is 0 Å². The molecule has 4 aromatic rings. The summed E-state index contributed by atoms with van der Waals surface area (Å²) in [5, 5.41) is 10.4. The third-order valence-corrected chi connectivity index (χ3v) is 9.84. The molecule has 0 aliphatic carbocycles. The van der Waals surface area contributed by atoms with E-state index in [1.807, 2.05) is 6.07 Å². The zero-order chi connectivity index (χ0) is 28.9. The first-order valence-corrected chi connectivity index (χ1v) is 16.5. The number of aliphatic hydroxyl groups excluding tert-OH is 1. The van der Waals surface area contributed by atoms with Crippen molar-refractivity contribution < 1.29 is 9.53 Å². The van der Waals surface area contributed by atoms with Gasteiger partial charge in [0.25, 0.3) is 0 Å². The molecule has 5 heteroatoms. The Kier molecular flexibility index (Phi) is 9.40. The van der Waals surface area contributed by atoms with Crippen molar-refractivity contribution >= 4 is 32.9 Å². The van der Waals surface area contributed by atoms with Gasteiger partial charge < -0.3 is 14.4 Å². The van der Waals surface area contributed by atoms with E-state index in [9.17, 15) is 5.11 Å². The second-order valence-corrected chi connectivity index (χ2v) is 14.7. The van der Waals surface area contributed by atoms with Gasteiger partial charge in [0, 0.05) is 21.9 Å². The van der Waals surface area contributed by atoms with Gasteiger partial charge in [-0.1, -0.05) is 144 Å². The third-order valence-electron chi connectivity index (χ3n) is 7.51. The molecule has 5 rings (SSSR count). The molecular weight excluding hydrogens is 539 g/mol. The third kappa shape index (κ3) is 6.19. The highest BCUT2D eigenvalue weighted by molar-refractivity contribution is 7.99. The minimum Gasteiger partial charge on any atom is -0.400 e. The maximum absolute atomic E-state index is 10.4. The van der Waals surface area contributed by atoms with Crippen molar-refractivity contribution in [2.24, 2.45) is 0 Å². The van der Waals surface area contributed by atoms with Crippen molar-refractivity contribution in [1.82, 2.24) is 0 Å². The normalized spacial score (nSPS) is 13.1. The number of rotatable bonds is 11. The van der Waals surface area contributed by atoms with Crippen molar-refractivity contribution in [1.29, 1.82) is 0 Å². The van der Waals surface area contributed by atoms with Gasteiger partial charge in [-0.25, -0.2) is 0 Å². The van der Waals surface area contributed by atoms with Gasteiger partial charge in [-0.15, -0.1) is 0 Å². The average Bonchev–Trinajstić information content (AvgIpc) is 2.99. The SMILES string of the molecule is CCCCCCN1c2cccc(CO)c2Sc2c1cccc2C(O[Si]C(C)(C)C)(c1ccccc1)c1ccccc1. The Hall–Kier alpha value is -2.83. The van der Waals surface area contributed by atoms with E-state index in [2.05, 4.69) is 124 Å². The summed E-state index contributed by atoms with van der Waals surface area (Å²) in [6.07, 6.45) is 4.78. The van der Waals surface area contributed by atoms with E-state index in [1.165, 1.54) is 35.5 Å². The molecule has 2 radical (unpaired) electrons. The second kappa shape index (κ2) is 13.0. The van der Waals surface area contributed by atoms with Gasteiger partial charge in [0.1, 0.15) is 5.60 Å². The molecule has 0 spiro atoms. The summed E-state index contributed by atoms with van der Waals surface area (Å²) in [4.78, 5) is 4.81. The number of unbranched alkanes of at least 4 members (excludes halogenated alkanes) is 3. The quantitative estimate of drug-likeness (QED) is 0.109. The molecule has 0 aromatic heterocycles. The first-order chi connectivity index (χ1) is 19.9. The number of aliphatic hydroxyl groups is 1. The lowest BCUT2D eigenvalue weighted by Gasteiger charge is -2.42. The van der Waals surface area contributed by atoms with E-state index in [0.717, 1.165) is 40.1 Å². The Bertz CT molecular complexity index is 1400. The highest BCUT2D eigenvalue weighted by Crippen LogP contribution is 2.55. The molecule has 3 nitrogen and oxygen atoms in total. The van der Waals surface area contributed by atoms with Crippen molar-refractivity contribution in [3.8, 4) is 0 Å². The second-order valence-electron chi connectivity index (χ2n) is 11.8. The van der Waals surface area contributed by atoms with Gasteiger partial charge in [-0.3, -0.25) is 0 Å². The fourth-order valence-corrected chi connectivity index (χ4v) is 7.70. The van der Waals surface area contributed by atoms with E-state index in [-0.39, 0.29) is 21.4 Å². The lowest BCUT2D eigenvalue weighted by atomic mass is 9.80. The average molecular weight is 580 g/mol. The first-order valence-electron chi connectivity index (χ1n) is 14.8. The predicted molar refractivity (Wildman–Crippen MR) is 173 cm³/mol. The molecule has 0 amide bonds. The minimum atomic E-state index is -0.799. The Morgan fingerprint density at radius 3 is 1.93 bits per heavy atom. The van der Waals surface area contributed by atoms with Crippen molar-refractivity contribution in [3.63, 3.8) is 0 Å². The molecule has 0 saturated heterocycles. The molecular formula is C36H41NO2SSi. The van der Waals surface area contributed by atoms with E-state index in [1.54, 1.807) is 11.8 Å². The van der Waals surface area contributed by atoms with E-state index < -0.39 is 5.60 Å². The number of hydrogen-bond acceptors (Lipinski definition) is 4. The highest BCUT2D eigenvalue weighted by Gasteiger charge is 2.42. The zero-order valence-electron chi connectivity index (χ0n) is 24.7. The van der Waals surface area contributed by atoms with Gasteiger partial charge in [0.2, 0.25) is 9.76 Å². The molecule has 212 valence electrons.